The van der Waals surface area contributed by atoms with Crippen molar-refractivity contribution in [2.24, 2.45) is 0 Å². The van der Waals surface area contributed by atoms with Gasteiger partial charge in [0.25, 0.3) is 0 Å². The van der Waals surface area contributed by atoms with Crippen LogP contribution in [0.15, 0.2) is 61.2 Å². The van der Waals surface area contributed by atoms with E-state index in [2.05, 4.69) is 69.7 Å². The first kappa shape index (κ1) is 22.7. The molecule has 9 nitrogen and oxygen atoms in total. The van der Waals surface area contributed by atoms with Crippen LogP contribution >= 0.6 is 0 Å². The van der Waals surface area contributed by atoms with E-state index in [1.54, 1.807) is 30.5 Å². The monoisotopic (exact) mass is 468 g/mol. The van der Waals surface area contributed by atoms with Crippen molar-refractivity contribution in [3.63, 3.8) is 0 Å². The lowest BCUT2D eigenvalue weighted by atomic mass is 10.0. The molecule has 3 heterocycles. The van der Waals surface area contributed by atoms with Gasteiger partial charge in [-0.1, -0.05) is 30.3 Å². The molecule has 0 amide bonds. The van der Waals surface area contributed by atoms with Crippen LogP contribution in [0, 0.1) is 0 Å². The summed E-state index contributed by atoms with van der Waals surface area (Å²) < 4.78 is 9.24. The molecule has 0 bridgehead atoms. The van der Waals surface area contributed by atoms with E-state index in [9.17, 15) is 0 Å². The normalized spacial score (nSPS) is 11.9. The molecule has 5 aromatic rings. The molecule has 9 heteroatoms. The predicted molar refractivity (Wildman–Crippen MR) is 136 cm³/mol. The molecule has 0 saturated heterocycles. The smallest absolute Gasteiger partial charge is 0.219 e. The number of rotatable bonds is 6. The van der Waals surface area contributed by atoms with Crippen LogP contribution in [0.5, 0.6) is 0 Å². The summed E-state index contributed by atoms with van der Waals surface area (Å²) in [6.45, 7) is 7.76. The van der Waals surface area contributed by atoms with Crippen molar-refractivity contribution in [1.29, 1.82) is 0 Å². The summed E-state index contributed by atoms with van der Waals surface area (Å²) >= 11 is 0. The number of ether oxygens (including phenoxy) is 1. The van der Waals surface area contributed by atoms with Crippen LogP contribution in [-0.2, 0) is 16.8 Å². The van der Waals surface area contributed by atoms with Crippen LogP contribution in [0.1, 0.15) is 20.8 Å². The number of fused-ring (bicyclic) bond motifs is 1. The maximum absolute atomic E-state index is 5.66. The van der Waals surface area contributed by atoms with Gasteiger partial charge in [-0.2, -0.15) is 5.10 Å². The van der Waals surface area contributed by atoms with E-state index in [4.69, 9.17) is 15.5 Å². The first-order valence-corrected chi connectivity index (χ1v) is 11.4. The average Bonchev–Trinajstić information content (AvgIpc) is 3.47. The Morgan fingerprint density at radius 2 is 1.69 bits per heavy atom. The number of nitrogen functional groups attached to an aromatic ring is 1. The molecule has 5 rings (SSSR count). The Kier molecular flexibility index (Phi) is 5.78. The number of nitrogens with zero attached hydrogens (tertiary/aromatic N) is 7. The second kappa shape index (κ2) is 8.92. The lowest BCUT2D eigenvalue weighted by Crippen LogP contribution is -2.22. The van der Waals surface area contributed by atoms with E-state index in [0.717, 1.165) is 39.1 Å². The molecule has 0 saturated carbocycles. The largest absolute Gasteiger partial charge is 0.383 e. The average molecular weight is 469 g/mol. The zero-order chi connectivity index (χ0) is 24.6. The van der Waals surface area contributed by atoms with Gasteiger partial charge in [-0.05, 0) is 38.5 Å². The van der Waals surface area contributed by atoms with E-state index in [0.29, 0.717) is 19.0 Å². The van der Waals surface area contributed by atoms with Gasteiger partial charge in [0.15, 0.2) is 5.82 Å². The first-order chi connectivity index (χ1) is 16.8. The lowest BCUT2D eigenvalue weighted by Gasteiger charge is -2.25. The molecule has 0 atom stereocenters. The molecule has 3 aromatic heterocycles. The maximum Gasteiger partial charge on any atom is 0.219 e. The van der Waals surface area contributed by atoms with E-state index in [1.165, 1.54) is 0 Å². The van der Waals surface area contributed by atoms with Crippen molar-refractivity contribution in [2.75, 3.05) is 19.5 Å². The van der Waals surface area contributed by atoms with Crippen molar-refractivity contribution in [2.45, 2.75) is 32.9 Å². The second-order valence-corrected chi connectivity index (χ2v) is 9.34. The van der Waals surface area contributed by atoms with Crippen molar-refractivity contribution < 1.29 is 4.74 Å². The van der Waals surface area contributed by atoms with E-state index < -0.39 is 0 Å². The topological polar surface area (TPSA) is 110 Å². The molecule has 0 aliphatic heterocycles. The fraction of sp³-hybridized carbons (Fsp3) is 0.269. The molecule has 0 spiro atoms. The minimum Gasteiger partial charge on any atom is -0.383 e. The van der Waals surface area contributed by atoms with Crippen LogP contribution in [-0.4, -0.2) is 48.0 Å². The number of methoxy groups -OCH3 is 1. The quantitative estimate of drug-likeness (QED) is 0.393. The molecule has 0 fully saturated rings. The fourth-order valence-electron chi connectivity index (χ4n) is 4.19. The van der Waals surface area contributed by atoms with Crippen molar-refractivity contribution >= 4 is 17.0 Å². The minimum atomic E-state index is -0.214. The van der Waals surface area contributed by atoms with Gasteiger partial charge in [-0.25, -0.2) is 19.9 Å². The number of benzene rings is 2. The molecular formula is C26H28N8O. The first-order valence-electron chi connectivity index (χ1n) is 11.4. The molecule has 35 heavy (non-hydrogen) atoms. The van der Waals surface area contributed by atoms with Gasteiger partial charge in [0.1, 0.15) is 12.2 Å². The summed E-state index contributed by atoms with van der Waals surface area (Å²) in [4.78, 5) is 17.9. The minimum absolute atomic E-state index is 0.214. The zero-order valence-electron chi connectivity index (χ0n) is 20.3. The van der Waals surface area contributed by atoms with Crippen molar-refractivity contribution in [3.8, 4) is 33.9 Å². The number of hydrogen-bond donors (Lipinski definition) is 1. The SMILES string of the molecule is COCCn1cnc(-c2ccccc2-c2nc3cc(-c4cnc(N)nc4)ccc3n2C(C)(C)C)n1. The highest BCUT2D eigenvalue weighted by atomic mass is 16.5. The Morgan fingerprint density at radius 1 is 0.943 bits per heavy atom. The number of anilines is 1. The third kappa shape index (κ3) is 4.38. The van der Waals surface area contributed by atoms with Gasteiger partial charge < -0.3 is 15.0 Å². The Hall–Kier alpha value is -4.11. The van der Waals surface area contributed by atoms with Gasteiger partial charge in [0, 0.05) is 41.7 Å². The molecule has 178 valence electrons. The molecule has 0 aliphatic carbocycles. The number of hydrogen-bond acceptors (Lipinski definition) is 7. The molecule has 2 aromatic carbocycles. The highest BCUT2D eigenvalue weighted by Crippen LogP contribution is 2.36. The molecule has 2 N–H and O–H groups in total. The van der Waals surface area contributed by atoms with E-state index in [1.807, 2.05) is 18.2 Å². The van der Waals surface area contributed by atoms with Crippen molar-refractivity contribution in [3.05, 3.63) is 61.2 Å². The van der Waals surface area contributed by atoms with Crippen LogP contribution in [0.25, 0.3) is 44.9 Å². The molecule has 0 radical (unpaired) electrons. The predicted octanol–water partition coefficient (Wildman–Crippen LogP) is 4.40. The van der Waals surface area contributed by atoms with Gasteiger partial charge in [-0.3, -0.25) is 4.68 Å². The highest BCUT2D eigenvalue weighted by Gasteiger charge is 2.25. The summed E-state index contributed by atoms with van der Waals surface area (Å²) in [5, 5.41) is 4.68. The van der Waals surface area contributed by atoms with Gasteiger partial charge in [0.05, 0.1) is 24.2 Å². The van der Waals surface area contributed by atoms with Gasteiger partial charge >= 0.3 is 0 Å². The third-order valence-corrected chi connectivity index (χ3v) is 5.80. The number of aromatic nitrogens is 7. The maximum atomic E-state index is 5.66. The van der Waals surface area contributed by atoms with E-state index >= 15 is 0 Å². The lowest BCUT2D eigenvalue weighted by molar-refractivity contribution is 0.183. The van der Waals surface area contributed by atoms with Crippen LogP contribution < -0.4 is 5.73 Å². The van der Waals surface area contributed by atoms with Crippen LogP contribution in [0.3, 0.4) is 0 Å². The molecular weight excluding hydrogens is 440 g/mol. The zero-order valence-corrected chi connectivity index (χ0v) is 20.3. The fourth-order valence-corrected chi connectivity index (χ4v) is 4.19. The third-order valence-electron chi connectivity index (χ3n) is 5.80. The Morgan fingerprint density at radius 3 is 2.40 bits per heavy atom. The van der Waals surface area contributed by atoms with Crippen molar-refractivity contribution in [1.82, 2.24) is 34.3 Å². The summed E-state index contributed by atoms with van der Waals surface area (Å²) in [7, 11) is 1.68. The Balaban J connectivity index is 1.66. The summed E-state index contributed by atoms with van der Waals surface area (Å²) in [6.07, 6.45) is 5.19. The highest BCUT2D eigenvalue weighted by molar-refractivity contribution is 5.88. The number of imidazole rings is 1. The van der Waals surface area contributed by atoms with Crippen LogP contribution in [0.2, 0.25) is 0 Å². The Bertz CT molecular complexity index is 1480. The summed E-state index contributed by atoms with van der Waals surface area (Å²) in [5.41, 5.74) is 11.1. The second-order valence-electron chi connectivity index (χ2n) is 9.34. The molecule has 0 unspecified atom stereocenters. The van der Waals surface area contributed by atoms with Gasteiger partial charge in [0.2, 0.25) is 5.95 Å². The van der Waals surface area contributed by atoms with Crippen LogP contribution in [0.4, 0.5) is 5.95 Å². The number of nitrogens with two attached hydrogens (primary N) is 1. The van der Waals surface area contributed by atoms with E-state index in [-0.39, 0.29) is 11.5 Å². The standard InChI is InChI=1S/C26H28N8O/c1-26(2,3)34-22-10-9-17(18-14-28-25(27)29-15-18)13-21(22)31-24(34)20-8-6-5-7-19(20)23-30-16-33(32-23)11-12-35-4/h5-10,13-16H,11-12H2,1-4H3,(H2,27,28,29). The summed E-state index contributed by atoms with van der Waals surface area (Å²) in [5.74, 6) is 1.77. The molecule has 0 aliphatic rings. The summed E-state index contributed by atoms with van der Waals surface area (Å²) in [6, 6.07) is 14.4. The van der Waals surface area contributed by atoms with Gasteiger partial charge in [-0.15, -0.1) is 0 Å². The Labute approximate surface area is 203 Å².